The molecule has 1 heterocycles. The van der Waals surface area contributed by atoms with E-state index in [4.69, 9.17) is 15.9 Å². The van der Waals surface area contributed by atoms with Crippen molar-refractivity contribution in [2.45, 2.75) is 50.7 Å². The van der Waals surface area contributed by atoms with Gasteiger partial charge in [-0.15, -0.1) is 6.42 Å². The lowest BCUT2D eigenvalue weighted by molar-refractivity contribution is -0.150. The summed E-state index contributed by atoms with van der Waals surface area (Å²) in [6.45, 7) is 0.369. The van der Waals surface area contributed by atoms with E-state index >= 15 is 0 Å². The fourth-order valence-electron chi connectivity index (χ4n) is 3.39. The Kier molecular flexibility index (Phi) is 6.18. The average molecular weight is 403 g/mol. The van der Waals surface area contributed by atoms with Crippen molar-refractivity contribution in [2.75, 3.05) is 0 Å². The predicted molar refractivity (Wildman–Crippen MR) is 113 cm³/mol. The van der Waals surface area contributed by atoms with Crippen molar-refractivity contribution in [3.63, 3.8) is 0 Å². The van der Waals surface area contributed by atoms with Gasteiger partial charge in [0.2, 0.25) is 6.29 Å². The number of aliphatic hydroxyl groups is 1. The van der Waals surface area contributed by atoms with Crippen LogP contribution in [0.3, 0.4) is 0 Å². The number of hydrogen-bond donors (Lipinski definition) is 2. The molecule has 0 aromatic heterocycles. The normalized spacial score (nSPS) is 20.6. The Labute approximate surface area is 176 Å². The number of hydrogen-bond acceptors (Lipinski definition) is 4. The molecule has 0 bridgehead atoms. The number of carbonyl (C=O) groups excluding carboxylic acids is 1. The van der Waals surface area contributed by atoms with Crippen LogP contribution in [-0.2, 0) is 27.5 Å². The molecule has 1 saturated carbocycles. The van der Waals surface area contributed by atoms with Crippen molar-refractivity contribution < 1.29 is 19.4 Å². The van der Waals surface area contributed by atoms with Crippen LogP contribution in [0, 0.1) is 12.3 Å². The highest BCUT2D eigenvalue weighted by molar-refractivity contribution is 5.92. The minimum absolute atomic E-state index is 0.00714. The molecule has 5 nitrogen and oxygen atoms in total. The third-order valence-corrected chi connectivity index (χ3v) is 5.34. The average Bonchev–Trinajstić information content (AvgIpc) is 3.62. The van der Waals surface area contributed by atoms with E-state index in [2.05, 4.69) is 11.2 Å². The molecule has 0 saturated heterocycles. The molecule has 0 radical (unpaired) electrons. The van der Waals surface area contributed by atoms with Crippen molar-refractivity contribution >= 4 is 5.91 Å². The number of nitrogens with one attached hydrogen (secondary N) is 1. The molecule has 2 aromatic rings. The molecule has 2 aliphatic rings. The van der Waals surface area contributed by atoms with Gasteiger partial charge in [-0.25, -0.2) is 0 Å². The highest BCUT2D eigenvalue weighted by atomic mass is 16.7. The molecule has 2 aromatic carbocycles. The van der Waals surface area contributed by atoms with Crippen LogP contribution >= 0.6 is 0 Å². The number of aliphatic hydroxyl groups excluding tert-OH is 1. The molecule has 1 amide bonds. The number of terminal acetylenes is 1. The zero-order valence-electron chi connectivity index (χ0n) is 16.7. The SMILES string of the molecule is C#Cc1ccc([C@H]2C=C(C(=O)NC3CC3)O[C@@H](OCc3ccc(CO)cc3)C2)cc1. The van der Waals surface area contributed by atoms with Crippen molar-refractivity contribution in [3.8, 4) is 12.3 Å². The lowest BCUT2D eigenvalue weighted by Crippen LogP contribution is -2.33. The Morgan fingerprint density at radius 2 is 1.83 bits per heavy atom. The maximum Gasteiger partial charge on any atom is 0.286 e. The second-order valence-corrected chi connectivity index (χ2v) is 7.72. The summed E-state index contributed by atoms with van der Waals surface area (Å²) in [6, 6.07) is 15.6. The van der Waals surface area contributed by atoms with Gasteiger partial charge in [0.25, 0.3) is 5.91 Å². The summed E-state index contributed by atoms with van der Waals surface area (Å²) in [6.07, 6.45) is 9.42. The third kappa shape index (κ3) is 5.10. The Balaban J connectivity index is 1.48. The standard InChI is InChI=1S/C25H25NO4/c1-2-17-7-9-20(10-8-17)21-13-23(25(28)26-22-11-12-22)30-24(14-21)29-16-19-5-3-18(15-27)4-6-19/h1,3-10,13,21-22,24,27H,11-12,14-16H2,(H,26,28)/t21-,24+/m0/s1. The summed E-state index contributed by atoms with van der Waals surface area (Å²) in [7, 11) is 0. The fourth-order valence-corrected chi connectivity index (χ4v) is 3.39. The summed E-state index contributed by atoms with van der Waals surface area (Å²) in [5, 5.41) is 12.2. The Hall–Kier alpha value is -3.07. The van der Waals surface area contributed by atoms with E-state index in [9.17, 15) is 9.90 Å². The van der Waals surface area contributed by atoms with Crippen LogP contribution in [0.1, 0.15) is 47.4 Å². The zero-order chi connectivity index (χ0) is 20.9. The summed E-state index contributed by atoms with van der Waals surface area (Å²) in [4.78, 5) is 12.6. The smallest absolute Gasteiger partial charge is 0.286 e. The summed E-state index contributed by atoms with van der Waals surface area (Å²) < 4.78 is 11.9. The second kappa shape index (κ2) is 9.17. The van der Waals surface area contributed by atoms with E-state index in [-0.39, 0.29) is 24.5 Å². The first-order chi connectivity index (χ1) is 14.6. The monoisotopic (exact) mass is 403 g/mol. The zero-order valence-corrected chi connectivity index (χ0v) is 16.7. The number of carbonyl (C=O) groups is 1. The third-order valence-electron chi connectivity index (χ3n) is 5.34. The lowest BCUT2D eigenvalue weighted by Gasteiger charge is -2.29. The van der Waals surface area contributed by atoms with Crippen LogP contribution in [0.4, 0.5) is 0 Å². The van der Waals surface area contributed by atoms with E-state index in [0.717, 1.165) is 35.1 Å². The number of benzene rings is 2. The molecule has 2 atom stereocenters. The molecule has 2 N–H and O–H groups in total. The number of ether oxygens (including phenoxy) is 2. The number of rotatable bonds is 7. The quantitative estimate of drug-likeness (QED) is 0.696. The van der Waals surface area contributed by atoms with Gasteiger partial charge in [0.05, 0.1) is 13.2 Å². The van der Waals surface area contributed by atoms with Gasteiger partial charge in [-0.3, -0.25) is 4.79 Å². The van der Waals surface area contributed by atoms with Crippen molar-refractivity contribution in [1.82, 2.24) is 5.32 Å². The molecule has 0 spiro atoms. The van der Waals surface area contributed by atoms with Crippen LogP contribution in [-0.4, -0.2) is 23.3 Å². The van der Waals surface area contributed by atoms with Gasteiger partial charge < -0.3 is 19.9 Å². The predicted octanol–water partition coefficient (Wildman–Crippen LogP) is 3.37. The number of amides is 1. The number of allylic oxidation sites excluding steroid dienone is 1. The first kappa shape index (κ1) is 20.2. The molecule has 1 aliphatic carbocycles. The van der Waals surface area contributed by atoms with E-state index in [1.54, 1.807) is 0 Å². The maximum absolute atomic E-state index is 12.6. The van der Waals surface area contributed by atoms with Gasteiger partial charge in [0, 0.05) is 23.9 Å². The molecule has 4 rings (SSSR count). The molecule has 0 unspecified atom stereocenters. The van der Waals surface area contributed by atoms with E-state index in [0.29, 0.717) is 18.8 Å². The molecule has 5 heteroatoms. The summed E-state index contributed by atoms with van der Waals surface area (Å²) >= 11 is 0. The van der Waals surface area contributed by atoms with Crippen molar-refractivity contribution in [1.29, 1.82) is 0 Å². The van der Waals surface area contributed by atoms with Gasteiger partial charge in [-0.05, 0) is 47.7 Å². The largest absolute Gasteiger partial charge is 0.459 e. The van der Waals surface area contributed by atoms with Crippen LogP contribution in [0.15, 0.2) is 60.4 Å². The molecule has 30 heavy (non-hydrogen) atoms. The Bertz CT molecular complexity index is 952. The van der Waals surface area contributed by atoms with Gasteiger partial charge in [-0.2, -0.15) is 0 Å². The van der Waals surface area contributed by atoms with E-state index < -0.39 is 6.29 Å². The van der Waals surface area contributed by atoms with Crippen molar-refractivity contribution in [2.24, 2.45) is 0 Å². The molecule has 154 valence electrons. The van der Waals surface area contributed by atoms with Crippen molar-refractivity contribution in [3.05, 3.63) is 82.6 Å². The summed E-state index contributed by atoms with van der Waals surface area (Å²) in [5.41, 5.74) is 3.71. The van der Waals surface area contributed by atoms with Crippen LogP contribution in [0.25, 0.3) is 0 Å². The first-order valence-electron chi connectivity index (χ1n) is 10.2. The minimum atomic E-state index is -0.537. The Morgan fingerprint density at radius 1 is 1.13 bits per heavy atom. The highest BCUT2D eigenvalue weighted by Gasteiger charge is 2.31. The fraction of sp³-hybridized carbons (Fsp3) is 0.320. The van der Waals surface area contributed by atoms with Gasteiger partial charge >= 0.3 is 0 Å². The highest BCUT2D eigenvalue weighted by Crippen LogP contribution is 2.32. The molecule has 1 aliphatic heterocycles. The summed E-state index contributed by atoms with van der Waals surface area (Å²) in [5.74, 6) is 2.73. The van der Waals surface area contributed by atoms with Gasteiger partial charge in [0.15, 0.2) is 5.76 Å². The van der Waals surface area contributed by atoms with Crippen LogP contribution < -0.4 is 5.32 Å². The first-order valence-corrected chi connectivity index (χ1v) is 10.2. The lowest BCUT2D eigenvalue weighted by atomic mass is 9.92. The van der Waals surface area contributed by atoms with Gasteiger partial charge in [-0.1, -0.05) is 42.3 Å². The molecule has 1 fully saturated rings. The van der Waals surface area contributed by atoms with Crippen LogP contribution in [0.5, 0.6) is 0 Å². The minimum Gasteiger partial charge on any atom is -0.459 e. The van der Waals surface area contributed by atoms with Gasteiger partial charge in [0.1, 0.15) is 0 Å². The maximum atomic E-state index is 12.6. The topological polar surface area (TPSA) is 67.8 Å². The van der Waals surface area contributed by atoms with E-state index in [1.807, 2.05) is 54.6 Å². The van der Waals surface area contributed by atoms with E-state index in [1.165, 1.54) is 0 Å². The second-order valence-electron chi connectivity index (χ2n) is 7.72. The molecular weight excluding hydrogens is 378 g/mol. The Morgan fingerprint density at radius 3 is 2.47 bits per heavy atom. The molecular formula is C25H25NO4. The van der Waals surface area contributed by atoms with Crippen LogP contribution in [0.2, 0.25) is 0 Å².